The zero-order valence-corrected chi connectivity index (χ0v) is 12.7. The molecule has 1 rings (SSSR count). The molecular weight excluding hydrogens is 258 g/mol. The van der Waals surface area contributed by atoms with E-state index >= 15 is 0 Å². The average molecular weight is 280 g/mol. The lowest BCUT2D eigenvalue weighted by Gasteiger charge is -2.33. The van der Waals surface area contributed by atoms with Crippen LogP contribution in [0.15, 0.2) is 18.2 Å². The number of halogens is 1. The topological polar surface area (TPSA) is 53.0 Å². The summed E-state index contributed by atoms with van der Waals surface area (Å²) >= 11 is 5.95. The number of anilines is 1. The molecule has 4 heteroatoms. The molecule has 0 aliphatic carbocycles. The van der Waals surface area contributed by atoms with Crippen molar-refractivity contribution in [2.75, 3.05) is 24.5 Å². The van der Waals surface area contributed by atoms with E-state index in [9.17, 15) is 5.26 Å². The molecule has 0 heterocycles. The summed E-state index contributed by atoms with van der Waals surface area (Å²) in [5.41, 5.74) is 7.39. The van der Waals surface area contributed by atoms with Crippen molar-refractivity contribution in [3.8, 4) is 6.07 Å². The van der Waals surface area contributed by atoms with Crippen LogP contribution in [-0.2, 0) is 0 Å². The fraction of sp³-hybridized carbons (Fsp3) is 0.533. The lowest BCUT2D eigenvalue weighted by Crippen LogP contribution is -2.39. The summed E-state index contributed by atoms with van der Waals surface area (Å²) in [6, 6.07) is 7.69. The van der Waals surface area contributed by atoms with Crippen LogP contribution in [0.2, 0.25) is 5.02 Å². The number of rotatable bonds is 6. The Hall–Kier alpha value is -1.24. The van der Waals surface area contributed by atoms with Crippen LogP contribution < -0.4 is 10.6 Å². The molecule has 1 aromatic carbocycles. The first-order valence-corrected chi connectivity index (χ1v) is 6.96. The SMILES string of the molecule is CCCN(CC(C)(C)CN)c1ccc(Cl)cc1C#N. The van der Waals surface area contributed by atoms with Gasteiger partial charge in [-0.05, 0) is 36.6 Å². The van der Waals surface area contributed by atoms with Gasteiger partial charge in [-0.15, -0.1) is 0 Å². The van der Waals surface area contributed by atoms with E-state index in [1.54, 1.807) is 6.07 Å². The van der Waals surface area contributed by atoms with Crippen LogP contribution >= 0.6 is 11.6 Å². The lowest BCUT2D eigenvalue weighted by molar-refractivity contribution is 0.377. The Labute approximate surface area is 121 Å². The first kappa shape index (κ1) is 15.8. The Balaban J connectivity index is 3.09. The summed E-state index contributed by atoms with van der Waals surface area (Å²) in [6.45, 7) is 8.75. The van der Waals surface area contributed by atoms with Gasteiger partial charge >= 0.3 is 0 Å². The first-order chi connectivity index (χ1) is 8.93. The van der Waals surface area contributed by atoms with Crippen molar-refractivity contribution >= 4 is 17.3 Å². The third-order valence-corrected chi connectivity index (χ3v) is 3.32. The van der Waals surface area contributed by atoms with Crippen LogP contribution in [0.5, 0.6) is 0 Å². The highest BCUT2D eigenvalue weighted by atomic mass is 35.5. The van der Waals surface area contributed by atoms with Crippen molar-refractivity contribution in [3.63, 3.8) is 0 Å². The molecule has 0 saturated carbocycles. The largest absolute Gasteiger partial charge is 0.370 e. The van der Waals surface area contributed by atoms with Gasteiger partial charge in [-0.25, -0.2) is 0 Å². The second-order valence-corrected chi connectivity index (χ2v) is 6.00. The van der Waals surface area contributed by atoms with Gasteiger partial charge in [0.25, 0.3) is 0 Å². The number of hydrogen-bond donors (Lipinski definition) is 1. The van der Waals surface area contributed by atoms with Crippen LogP contribution in [0.1, 0.15) is 32.8 Å². The van der Waals surface area contributed by atoms with Gasteiger partial charge in [0.05, 0.1) is 11.3 Å². The normalized spacial score (nSPS) is 11.2. The van der Waals surface area contributed by atoms with Crippen LogP contribution in [0, 0.1) is 16.7 Å². The highest BCUT2D eigenvalue weighted by Crippen LogP contribution is 2.27. The highest BCUT2D eigenvalue weighted by molar-refractivity contribution is 6.30. The van der Waals surface area contributed by atoms with E-state index < -0.39 is 0 Å². The molecule has 0 fully saturated rings. The fourth-order valence-corrected chi connectivity index (χ4v) is 2.18. The molecule has 0 radical (unpaired) electrons. The predicted octanol–water partition coefficient (Wildman–Crippen LogP) is 3.41. The summed E-state index contributed by atoms with van der Waals surface area (Å²) in [5, 5.41) is 9.85. The van der Waals surface area contributed by atoms with Gasteiger partial charge in [-0.1, -0.05) is 32.4 Å². The standard InChI is InChI=1S/C15H22ClN3/c1-4-7-19(11-15(2,3)10-18)14-6-5-13(16)8-12(14)9-17/h5-6,8H,4,7,10-11,18H2,1-3H3. The van der Waals surface area contributed by atoms with E-state index in [4.69, 9.17) is 17.3 Å². The molecule has 3 nitrogen and oxygen atoms in total. The van der Waals surface area contributed by atoms with Crippen LogP contribution in [0.4, 0.5) is 5.69 Å². The predicted molar refractivity (Wildman–Crippen MR) is 81.5 cm³/mol. The number of hydrogen-bond acceptors (Lipinski definition) is 3. The van der Waals surface area contributed by atoms with Gasteiger partial charge in [0.15, 0.2) is 0 Å². The van der Waals surface area contributed by atoms with E-state index in [-0.39, 0.29) is 5.41 Å². The van der Waals surface area contributed by atoms with Gasteiger partial charge in [0.2, 0.25) is 0 Å². The smallest absolute Gasteiger partial charge is 0.101 e. The van der Waals surface area contributed by atoms with E-state index in [1.165, 1.54) is 0 Å². The summed E-state index contributed by atoms with van der Waals surface area (Å²) in [4.78, 5) is 2.22. The summed E-state index contributed by atoms with van der Waals surface area (Å²) in [5.74, 6) is 0. The molecular formula is C15H22ClN3. The Bertz CT molecular complexity index is 463. The molecule has 19 heavy (non-hydrogen) atoms. The maximum absolute atomic E-state index is 9.26. The third-order valence-electron chi connectivity index (χ3n) is 3.08. The van der Waals surface area contributed by atoms with Gasteiger partial charge in [-0.3, -0.25) is 0 Å². The summed E-state index contributed by atoms with van der Waals surface area (Å²) in [7, 11) is 0. The minimum absolute atomic E-state index is 0.0154. The monoisotopic (exact) mass is 279 g/mol. The van der Waals surface area contributed by atoms with E-state index in [0.717, 1.165) is 25.2 Å². The number of nitriles is 1. The van der Waals surface area contributed by atoms with E-state index in [1.807, 2.05) is 12.1 Å². The second kappa shape index (κ2) is 6.79. The molecule has 0 saturated heterocycles. The van der Waals surface area contributed by atoms with Crippen molar-refractivity contribution in [2.45, 2.75) is 27.2 Å². The van der Waals surface area contributed by atoms with Crippen molar-refractivity contribution < 1.29 is 0 Å². The highest BCUT2D eigenvalue weighted by Gasteiger charge is 2.21. The Morgan fingerprint density at radius 2 is 2.11 bits per heavy atom. The maximum Gasteiger partial charge on any atom is 0.101 e. The molecule has 104 valence electrons. The van der Waals surface area contributed by atoms with Crippen molar-refractivity contribution in [1.29, 1.82) is 5.26 Å². The van der Waals surface area contributed by atoms with E-state index in [0.29, 0.717) is 17.1 Å². The zero-order valence-electron chi connectivity index (χ0n) is 11.9. The fourth-order valence-electron chi connectivity index (χ4n) is 2.01. The number of benzene rings is 1. The molecule has 0 atom stereocenters. The quantitative estimate of drug-likeness (QED) is 0.868. The second-order valence-electron chi connectivity index (χ2n) is 5.56. The van der Waals surface area contributed by atoms with Crippen LogP contribution in [0.25, 0.3) is 0 Å². The summed E-state index contributed by atoms with van der Waals surface area (Å²) in [6.07, 6.45) is 1.02. The Kier molecular flexibility index (Phi) is 5.65. The maximum atomic E-state index is 9.26. The molecule has 0 aromatic heterocycles. The lowest BCUT2D eigenvalue weighted by atomic mass is 9.92. The van der Waals surface area contributed by atoms with Crippen molar-refractivity contribution in [2.24, 2.45) is 11.1 Å². The molecule has 2 N–H and O–H groups in total. The van der Waals surface area contributed by atoms with Crippen LogP contribution in [-0.4, -0.2) is 19.6 Å². The minimum atomic E-state index is 0.0154. The van der Waals surface area contributed by atoms with Gasteiger partial charge in [-0.2, -0.15) is 5.26 Å². The number of nitrogens with zero attached hydrogens (tertiary/aromatic N) is 2. The molecule has 0 aliphatic rings. The Morgan fingerprint density at radius 3 is 2.63 bits per heavy atom. The molecule has 1 aromatic rings. The van der Waals surface area contributed by atoms with Gasteiger partial charge < -0.3 is 10.6 Å². The Morgan fingerprint density at radius 1 is 1.42 bits per heavy atom. The molecule has 0 bridgehead atoms. The minimum Gasteiger partial charge on any atom is -0.370 e. The molecule has 0 spiro atoms. The van der Waals surface area contributed by atoms with Crippen LogP contribution in [0.3, 0.4) is 0 Å². The number of nitrogens with two attached hydrogens (primary N) is 1. The zero-order chi connectivity index (χ0) is 14.5. The van der Waals surface area contributed by atoms with Gasteiger partial charge in [0, 0.05) is 18.1 Å². The molecule has 0 unspecified atom stereocenters. The van der Waals surface area contributed by atoms with Crippen molar-refractivity contribution in [3.05, 3.63) is 28.8 Å². The van der Waals surface area contributed by atoms with E-state index in [2.05, 4.69) is 31.7 Å². The van der Waals surface area contributed by atoms with Crippen molar-refractivity contribution in [1.82, 2.24) is 0 Å². The molecule has 0 aliphatic heterocycles. The third kappa shape index (κ3) is 4.41. The first-order valence-electron chi connectivity index (χ1n) is 6.58. The molecule has 0 amide bonds. The average Bonchev–Trinajstić information content (AvgIpc) is 2.38. The van der Waals surface area contributed by atoms with Gasteiger partial charge in [0.1, 0.15) is 6.07 Å². The summed E-state index contributed by atoms with van der Waals surface area (Å²) < 4.78 is 0.